The van der Waals surface area contributed by atoms with Gasteiger partial charge in [-0.15, -0.1) is 5.10 Å². The van der Waals surface area contributed by atoms with Crippen molar-refractivity contribution >= 4 is 23.1 Å². The molecule has 0 saturated carbocycles. The second-order valence-corrected chi connectivity index (χ2v) is 5.30. The summed E-state index contributed by atoms with van der Waals surface area (Å²) < 4.78 is 0. The molecule has 2 aromatic carbocycles. The quantitative estimate of drug-likeness (QED) is 0.738. The molecular weight excluding hydrogens is 286 g/mol. The van der Waals surface area contributed by atoms with Gasteiger partial charge in [0.1, 0.15) is 0 Å². The zero-order valence-electron chi connectivity index (χ0n) is 13.2. The molecule has 0 spiro atoms. The lowest BCUT2D eigenvalue weighted by atomic mass is 10.1. The normalized spacial score (nSPS) is 10.3. The highest BCUT2D eigenvalue weighted by molar-refractivity contribution is 5.61. The molecule has 1 aromatic heterocycles. The molecule has 0 atom stereocenters. The Kier molecular flexibility index (Phi) is 4.47. The summed E-state index contributed by atoms with van der Waals surface area (Å²) in [4.78, 5) is 4.47. The molecule has 0 aliphatic carbocycles. The average molecular weight is 305 g/mol. The van der Waals surface area contributed by atoms with Gasteiger partial charge in [-0.25, -0.2) is 0 Å². The van der Waals surface area contributed by atoms with E-state index in [2.05, 4.69) is 38.8 Å². The smallest absolute Gasteiger partial charge is 0.249 e. The van der Waals surface area contributed by atoms with Crippen LogP contribution in [-0.2, 0) is 6.42 Å². The summed E-state index contributed by atoms with van der Waals surface area (Å²) in [5.74, 6) is 1.13. The Morgan fingerprint density at radius 3 is 2.70 bits per heavy atom. The topological polar surface area (TPSA) is 62.7 Å². The molecule has 5 heteroatoms. The zero-order valence-corrected chi connectivity index (χ0v) is 13.2. The highest BCUT2D eigenvalue weighted by Gasteiger charge is 2.04. The summed E-state index contributed by atoms with van der Waals surface area (Å²) in [5, 5.41) is 14.5. The predicted molar refractivity (Wildman–Crippen MR) is 93.4 cm³/mol. The minimum absolute atomic E-state index is 0.467. The van der Waals surface area contributed by atoms with E-state index in [1.54, 1.807) is 6.20 Å². The van der Waals surface area contributed by atoms with E-state index in [-0.39, 0.29) is 0 Å². The third-order valence-corrected chi connectivity index (χ3v) is 3.49. The standard InChI is InChI=1S/C18H19N5/c1-3-14-8-4-5-10-16(14)21-17-12-19-23-18(22-17)20-15-9-6-7-13(2)11-15/h4-12H,3H2,1-2H3,(H2,20,21,22,23). The van der Waals surface area contributed by atoms with Crippen LogP contribution in [0.5, 0.6) is 0 Å². The molecule has 0 saturated heterocycles. The Hall–Kier alpha value is -2.95. The molecule has 1 heterocycles. The van der Waals surface area contributed by atoms with Crippen molar-refractivity contribution < 1.29 is 0 Å². The molecule has 0 aliphatic rings. The number of nitrogens with one attached hydrogen (secondary N) is 2. The van der Waals surface area contributed by atoms with Crippen molar-refractivity contribution in [2.45, 2.75) is 20.3 Å². The Balaban J connectivity index is 1.80. The largest absolute Gasteiger partial charge is 0.339 e. The minimum atomic E-state index is 0.467. The molecule has 23 heavy (non-hydrogen) atoms. The fraction of sp³-hybridized carbons (Fsp3) is 0.167. The van der Waals surface area contributed by atoms with Crippen LogP contribution in [0.15, 0.2) is 54.7 Å². The number of hydrogen-bond acceptors (Lipinski definition) is 5. The highest BCUT2D eigenvalue weighted by atomic mass is 15.3. The number of aryl methyl sites for hydroxylation is 2. The second kappa shape index (κ2) is 6.87. The maximum Gasteiger partial charge on any atom is 0.249 e. The lowest BCUT2D eigenvalue weighted by Gasteiger charge is -2.11. The first-order valence-corrected chi connectivity index (χ1v) is 7.63. The van der Waals surface area contributed by atoms with Gasteiger partial charge in [0, 0.05) is 11.4 Å². The summed E-state index contributed by atoms with van der Waals surface area (Å²) in [6.45, 7) is 4.17. The van der Waals surface area contributed by atoms with Gasteiger partial charge >= 0.3 is 0 Å². The van der Waals surface area contributed by atoms with Crippen molar-refractivity contribution in [3.8, 4) is 0 Å². The number of benzene rings is 2. The monoisotopic (exact) mass is 305 g/mol. The number of para-hydroxylation sites is 1. The molecule has 3 aromatic rings. The van der Waals surface area contributed by atoms with Gasteiger partial charge in [-0.1, -0.05) is 37.3 Å². The van der Waals surface area contributed by atoms with E-state index >= 15 is 0 Å². The van der Waals surface area contributed by atoms with Crippen molar-refractivity contribution in [1.82, 2.24) is 15.2 Å². The van der Waals surface area contributed by atoms with Gasteiger partial charge in [-0.05, 0) is 42.7 Å². The van der Waals surface area contributed by atoms with Gasteiger partial charge in [-0.3, -0.25) is 0 Å². The van der Waals surface area contributed by atoms with Crippen LogP contribution >= 0.6 is 0 Å². The molecule has 0 fully saturated rings. The third kappa shape index (κ3) is 3.83. The molecule has 0 unspecified atom stereocenters. The predicted octanol–water partition coefficient (Wildman–Crippen LogP) is 4.23. The van der Waals surface area contributed by atoms with Crippen LogP contribution in [0.2, 0.25) is 0 Å². The van der Waals surface area contributed by atoms with Gasteiger partial charge < -0.3 is 10.6 Å². The van der Waals surface area contributed by atoms with Gasteiger partial charge in [-0.2, -0.15) is 10.1 Å². The summed E-state index contributed by atoms with van der Waals surface area (Å²) in [5.41, 5.74) is 4.39. The summed E-state index contributed by atoms with van der Waals surface area (Å²) in [6, 6.07) is 16.2. The number of aromatic nitrogens is 3. The van der Waals surface area contributed by atoms with Gasteiger partial charge in [0.15, 0.2) is 5.82 Å². The molecule has 0 radical (unpaired) electrons. The van der Waals surface area contributed by atoms with Crippen molar-refractivity contribution in [2.24, 2.45) is 0 Å². The van der Waals surface area contributed by atoms with Crippen molar-refractivity contribution in [3.63, 3.8) is 0 Å². The van der Waals surface area contributed by atoms with Gasteiger partial charge in [0.2, 0.25) is 5.95 Å². The van der Waals surface area contributed by atoms with Crippen LogP contribution < -0.4 is 10.6 Å². The van der Waals surface area contributed by atoms with Crippen molar-refractivity contribution in [3.05, 3.63) is 65.9 Å². The van der Waals surface area contributed by atoms with Crippen LogP contribution in [0.1, 0.15) is 18.1 Å². The zero-order chi connectivity index (χ0) is 16.1. The number of rotatable bonds is 5. The van der Waals surface area contributed by atoms with Gasteiger partial charge in [0.25, 0.3) is 0 Å². The number of hydrogen-bond donors (Lipinski definition) is 2. The molecule has 0 aliphatic heterocycles. The Morgan fingerprint density at radius 2 is 1.87 bits per heavy atom. The number of anilines is 4. The molecule has 0 amide bonds. The van der Waals surface area contributed by atoms with E-state index in [1.165, 1.54) is 11.1 Å². The molecule has 0 bridgehead atoms. The molecule has 5 nitrogen and oxygen atoms in total. The second-order valence-electron chi connectivity index (χ2n) is 5.30. The molecular formula is C18H19N5. The average Bonchev–Trinajstić information content (AvgIpc) is 2.56. The first-order chi connectivity index (χ1) is 11.2. The van der Waals surface area contributed by atoms with Crippen LogP contribution in [0.4, 0.5) is 23.1 Å². The first-order valence-electron chi connectivity index (χ1n) is 7.63. The fourth-order valence-corrected chi connectivity index (χ4v) is 2.36. The third-order valence-electron chi connectivity index (χ3n) is 3.49. The lowest BCUT2D eigenvalue weighted by molar-refractivity contribution is 0.981. The van der Waals surface area contributed by atoms with Crippen LogP contribution in [0.25, 0.3) is 0 Å². The highest BCUT2D eigenvalue weighted by Crippen LogP contribution is 2.20. The first kappa shape index (κ1) is 15.0. The summed E-state index contributed by atoms with van der Waals surface area (Å²) >= 11 is 0. The maximum atomic E-state index is 4.47. The van der Waals surface area contributed by atoms with Crippen LogP contribution in [0, 0.1) is 6.92 Å². The maximum absolute atomic E-state index is 4.47. The Labute approximate surface area is 135 Å². The van der Waals surface area contributed by atoms with Gasteiger partial charge in [0.05, 0.1) is 6.20 Å². The summed E-state index contributed by atoms with van der Waals surface area (Å²) in [6.07, 6.45) is 2.57. The van der Waals surface area contributed by atoms with E-state index in [4.69, 9.17) is 0 Å². The van der Waals surface area contributed by atoms with Crippen LogP contribution in [-0.4, -0.2) is 15.2 Å². The van der Waals surface area contributed by atoms with E-state index in [9.17, 15) is 0 Å². The van der Waals surface area contributed by atoms with E-state index in [1.807, 2.05) is 49.4 Å². The van der Waals surface area contributed by atoms with Crippen LogP contribution in [0.3, 0.4) is 0 Å². The van der Waals surface area contributed by atoms with E-state index in [0.29, 0.717) is 11.8 Å². The van der Waals surface area contributed by atoms with E-state index < -0.39 is 0 Å². The van der Waals surface area contributed by atoms with Crippen molar-refractivity contribution in [2.75, 3.05) is 10.6 Å². The Bertz CT molecular complexity index is 801. The summed E-state index contributed by atoms with van der Waals surface area (Å²) in [7, 11) is 0. The molecule has 116 valence electrons. The lowest BCUT2D eigenvalue weighted by Crippen LogP contribution is -2.03. The van der Waals surface area contributed by atoms with Crippen molar-refractivity contribution in [1.29, 1.82) is 0 Å². The minimum Gasteiger partial charge on any atom is -0.339 e. The fourth-order valence-electron chi connectivity index (χ4n) is 2.36. The number of nitrogens with zero attached hydrogens (tertiary/aromatic N) is 3. The molecule has 2 N–H and O–H groups in total. The molecule has 3 rings (SSSR count). The SMILES string of the molecule is CCc1ccccc1Nc1cnnc(Nc2cccc(C)c2)n1. The Morgan fingerprint density at radius 1 is 1.00 bits per heavy atom. The van der Waals surface area contributed by atoms with E-state index in [0.717, 1.165) is 17.8 Å².